The Hall–Kier alpha value is -1.30. The normalized spacial score (nSPS) is 10.3. The summed E-state index contributed by atoms with van der Waals surface area (Å²) in [6.07, 6.45) is 7.49. The molecule has 0 saturated heterocycles. The van der Waals surface area contributed by atoms with Gasteiger partial charge >= 0.3 is 0 Å². The van der Waals surface area contributed by atoms with Crippen molar-refractivity contribution < 1.29 is 0 Å². The number of hydrogen-bond acceptors (Lipinski definition) is 0. The highest BCUT2D eigenvalue weighted by atomic mass is 14.0. The van der Waals surface area contributed by atoms with E-state index in [1.165, 1.54) is 17.6 Å². The number of rotatable bonds is 4. The first-order valence-electron chi connectivity index (χ1n) is 6.01. The number of allylic oxidation sites excluding steroid dienone is 3. The Labute approximate surface area is 101 Å². The fraction of sp³-hybridized carbons (Fsp3) is 0.375. The van der Waals surface area contributed by atoms with Gasteiger partial charge in [0.1, 0.15) is 0 Å². The lowest BCUT2D eigenvalue weighted by Gasteiger charge is -2.00. The number of hydrogen-bond donors (Lipinski definition) is 0. The summed E-state index contributed by atoms with van der Waals surface area (Å²) in [4.78, 5) is 0. The van der Waals surface area contributed by atoms with E-state index in [0.29, 0.717) is 0 Å². The van der Waals surface area contributed by atoms with Gasteiger partial charge < -0.3 is 0 Å². The molecule has 0 bridgehead atoms. The Morgan fingerprint density at radius 2 is 1.81 bits per heavy atom. The van der Waals surface area contributed by atoms with Crippen LogP contribution in [0, 0.1) is 0 Å². The first-order valence-corrected chi connectivity index (χ1v) is 6.01. The SMILES string of the molecule is C/C=C(/C)CCc1ccccc1.C=CCC. The molecule has 0 amide bonds. The van der Waals surface area contributed by atoms with Crippen molar-refractivity contribution in [3.05, 3.63) is 60.2 Å². The molecule has 0 fully saturated rings. The van der Waals surface area contributed by atoms with Gasteiger partial charge in [-0.15, -0.1) is 6.58 Å². The minimum atomic E-state index is 1.08. The lowest BCUT2D eigenvalue weighted by Crippen LogP contribution is -1.85. The van der Waals surface area contributed by atoms with Gasteiger partial charge in [0.2, 0.25) is 0 Å². The van der Waals surface area contributed by atoms with Crippen molar-refractivity contribution >= 4 is 0 Å². The van der Waals surface area contributed by atoms with Gasteiger partial charge in [-0.25, -0.2) is 0 Å². The average molecular weight is 216 g/mol. The van der Waals surface area contributed by atoms with E-state index in [1.54, 1.807) is 0 Å². The van der Waals surface area contributed by atoms with Crippen LogP contribution in [0.4, 0.5) is 0 Å². The quantitative estimate of drug-likeness (QED) is 0.609. The molecule has 1 aromatic carbocycles. The van der Waals surface area contributed by atoms with Crippen LogP contribution in [0.2, 0.25) is 0 Å². The van der Waals surface area contributed by atoms with E-state index in [9.17, 15) is 0 Å². The molecular weight excluding hydrogens is 192 g/mol. The topological polar surface area (TPSA) is 0 Å². The summed E-state index contributed by atoms with van der Waals surface area (Å²) in [5.74, 6) is 0. The summed E-state index contributed by atoms with van der Waals surface area (Å²) >= 11 is 0. The molecule has 0 aromatic heterocycles. The summed E-state index contributed by atoms with van der Waals surface area (Å²) in [7, 11) is 0. The van der Waals surface area contributed by atoms with Crippen LogP contribution in [0.15, 0.2) is 54.6 Å². The van der Waals surface area contributed by atoms with Crippen molar-refractivity contribution in [3.8, 4) is 0 Å². The summed E-state index contributed by atoms with van der Waals surface area (Å²) in [5.41, 5.74) is 2.90. The van der Waals surface area contributed by atoms with Gasteiger partial charge in [-0.3, -0.25) is 0 Å². The Morgan fingerprint density at radius 1 is 1.25 bits per heavy atom. The van der Waals surface area contributed by atoms with Gasteiger partial charge in [-0.05, 0) is 38.7 Å². The maximum absolute atomic E-state index is 3.48. The molecule has 0 aliphatic carbocycles. The maximum Gasteiger partial charge on any atom is -0.0242 e. The number of benzene rings is 1. The monoisotopic (exact) mass is 216 g/mol. The van der Waals surface area contributed by atoms with Crippen LogP contribution in [-0.2, 0) is 6.42 Å². The summed E-state index contributed by atoms with van der Waals surface area (Å²) in [6.45, 7) is 9.82. The summed E-state index contributed by atoms with van der Waals surface area (Å²) < 4.78 is 0. The van der Waals surface area contributed by atoms with Crippen molar-refractivity contribution in [1.82, 2.24) is 0 Å². The average Bonchev–Trinajstić information content (AvgIpc) is 2.37. The molecule has 1 rings (SSSR count). The van der Waals surface area contributed by atoms with E-state index < -0.39 is 0 Å². The highest BCUT2D eigenvalue weighted by molar-refractivity contribution is 5.16. The van der Waals surface area contributed by atoms with E-state index in [2.05, 4.69) is 63.8 Å². The lowest BCUT2D eigenvalue weighted by atomic mass is 10.1. The zero-order valence-corrected chi connectivity index (χ0v) is 10.9. The second-order valence-corrected chi connectivity index (χ2v) is 3.82. The van der Waals surface area contributed by atoms with Crippen molar-refractivity contribution in [2.75, 3.05) is 0 Å². The van der Waals surface area contributed by atoms with E-state index >= 15 is 0 Å². The standard InChI is InChI=1S/C12H16.C4H8/c1-3-11(2)9-10-12-7-5-4-6-8-12;1-3-4-2/h3-8H,9-10H2,1-2H3;3H,1,4H2,2H3/b11-3-;. The summed E-state index contributed by atoms with van der Waals surface area (Å²) in [6, 6.07) is 10.6. The molecule has 0 heteroatoms. The highest BCUT2D eigenvalue weighted by Crippen LogP contribution is 2.07. The third kappa shape index (κ3) is 8.05. The Bertz CT molecular complexity index is 293. The number of aryl methyl sites for hydroxylation is 1. The predicted molar refractivity (Wildman–Crippen MR) is 74.7 cm³/mol. The van der Waals surface area contributed by atoms with Crippen LogP contribution in [-0.4, -0.2) is 0 Å². The first kappa shape index (κ1) is 14.7. The van der Waals surface area contributed by atoms with E-state index in [0.717, 1.165) is 12.8 Å². The van der Waals surface area contributed by atoms with Crippen LogP contribution in [0.3, 0.4) is 0 Å². The molecule has 0 spiro atoms. The lowest BCUT2D eigenvalue weighted by molar-refractivity contribution is 0.938. The molecule has 0 radical (unpaired) electrons. The Morgan fingerprint density at radius 3 is 2.25 bits per heavy atom. The van der Waals surface area contributed by atoms with Crippen LogP contribution >= 0.6 is 0 Å². The molecule has 0 unspecified atom stereocenters. The molecule has 0 N–H and O–H groups in total. The molecule has 0 atom stereocenters. The van der Waals surface area contributed by atoms with Crippen LogP contribution in [0.25, 0.3) is 0 Å². The van der Waals surface area contributed by atoms with Crippen molar-refractivity contribution in [2.24, 2.45) is 0 Å². The summed E-state index contributed by atoms with van der Waals surface area (Å²) in [5, 5.41) is 0. The molecule has 0 saturated carbocycles. The molecule has 88 valence electrons. The zero-order chi connectivity index (χ0) is 12.2. The van der Waals surface area contributed by atoms with Gasteiger partial charge in [0.05, 0.1) is 0 Å². The van der Waals surface area contributed by atoms with Crippen LogP contribution in [0.1, 0.15) is 39.2 Å². The highest BCUT2D eigenvalue weighted by Gasteiger charge is 1.91. The van der Waals surface area contributed by atoms with Crippen molar-refractivity contribution in [2.45, 2.75) is 40.0 Å². The fourth-order valence-corrected chi connectivity index (χ4v) is 1.13. The Balaban J connectivity index is 0.000000487. The Kier molecular flexibility index (Phi) is 9.39. The van der Waals surface area contributed by atoms with E-state index in [4.69, 9.17) is 0 Å². The molecule has 0 nitrogen and oxygen atoms in total. The molecule has 1 aromatic rings. The van der Waals surface area contributed by atoms with Gasteiger partial charge in [0, 0.05) is 0 Å². The van der Waals surface area contributed by atoms with Crippen LogP contribution in [0.5, 0.6) is 0 Å². The molecule has 0 aliphatic rings. The van der Waals surface area contributed by atoms with Gasteiger partial charge in [0.25, 0.3) is 0 Å². The third-order valence-electron chi connectivity index (χ3n) is 2.43. The van der Waals surface area contributed by atoms with Gasteiger partial charge in [-0.1, -0.05) is 55.0 Å². The van der Waals surface area contributed by atoms with Gasteiger partial charge in [0.15, 0.2) is 0 Å². The van der Waals surface area contributed by atoms with Crippen molar-refractivity contribution in [1.29, 1.82) is 0 Å². The molecule has 16 heavy (non-hydrogen) atoms. The van der Waals surface area contributed by atoms with Gasteiger partial charge in [-0.2, -0.15) is 0 Å². The maximum atomic E-state index is 3.48. The molecule has 0 heterocycles. The van der Waals surface area contributed by atoms with E-state index in [-0.39, 0.29) is 0 Å². The zero-order valence-electron chi connectivity index (χ0n) is 10.9. The first-order chi connectivity index (χ1) is 7.74. The molecule has 0 aliphatic heterocycles. The minimum Gasteiger partial charge on any atom is -0.103 e. The second kappa shape index (κ2) is 10.2. The van der Waals surface area contributed by atoms with E-state index in [1.807, 2.05) is 6.08 Å². The molecular formula is C16H24. The predicted octanol–water partition coefficient (Wildman–Crippen LogP) is 5.17. The minimum absolute atomic E-state index is 1.08. The van der Waals surface area contributed by atoms with Crippen LogP contribution < -0.4 is 0 Å². The third-order valence-corrected chi connectivity index (χ3v) is 2.43. The largest absolute Gasteiger partial charge is 0.103 e. The second-order valence-electron chi connectivity index (χ2n) is 3.82. The fourth-order valence-electron chi connectivity index (χ4n) is 1.13. The smallest absolute Gasteiger partial charge is 0.0242 e. The van der Waals surface area contributed by atoms with Crippen molar-refractivity contribution in [3.63, 3.8) is 0 Å².